The van der Waals surface area contributed by atoms with Crippen molar-refractivity contribution in [2.45, 2.75) is 43.7 Å². The second kappa shape index (κ2) is 11.4. The van der Waals surface area contributed by atoms with E-state index in [0.29, 0.717) is 23.2 Å². The molecule has 210 valence electrons. The maximum absolute atomic E-state index is 16.8. The van der Waals surface area contributed by atoms with Gasteiger partial charge in [0.2, 0.25) is 0 Å². The molecule has 0 aliphatic heterocycles. The smallest absolute Gasteiger partial charge is 0.157 e. The summed E-state index contributed by atoms with van der Waals surface area (Å²) in [4.78, 5) is 4.33. The van der Waals surface area contributed by atoms with Crippen LogP contribution >= 0.6 is 11.6 Å². The Hall–Kier alpha value is -4.93. The Morgan fingerprint density at radius 3 is 2.63 bits per heavy atom. The van der Waals surface area contributed by atoms with Crippen molar-refractivity contribution in [3.05, 3.63) is 112 Å². The third-order valence-corrected chi connectivity index (χ3v) is 7.98. The minimum atomic E-state index is -1.60. The number of hydrogen-bond acceptors (Lipinski definition) is 7. The number of nitrogens with zero attached hydrogens (tertiary/aromatic N) is 6. The molecule has 0 amide bonds. The minimum Gasteiger partial charge on any atom is -0.376 e. The highest BCUT2D eigenvalue weighted by Crippen LogP contribution is 2.41. The van der Waals surface area contributed by atoms with Gasteiger partial charge in [-0.3, -0.25) is 4.98 Å². The summed E-state index contributed by atoms with van der Waals surface area (Å²) in [5.41, 5.74) is 1.19. The highest BCUT2D eigenvalue weighted by molar-refractivity contribution is 6.36. The molecule has 2 radical (unpaired) electrons. The average molecular weight is 587 g/mol. The van der Waals surface area contributed by atoms with Crippen molar-refractivity contribution in [2.75, 3.05) is 10.6 Å². The molecule has 0 bridgehead atoms. The van der Waals surface area contributed by atoms with Crippen molar-refractivity contribution in [3.63, 3.8) is 0 Å². The highest BCUT2D eigenvalue weighted by atomic mass is 35.5. The first kappa shape index (κ1) is 28.2. The van der Waals surface area contributed by atoms with E-state index in [9.17, 15) is 10.5 Å². The lowest BCUT2D eigenvalue weighted by atomic mass is 9.69. The number of pyridine rings is 1. The molecular weight excluding hydrogens is 562 g/mol. The lowest BCUT2D eigenvalue weighted by Gasteiger charge is -2.32. The standard InChI is InChI=1S/C32H25BClFN8/c1-2-25(20-8-4-3-5-9-20)39-30-21(16-37)17-38-31-24(34)14-26(29(35)28(30)31)40-32(33,22-10-6-7-19(13-22)15-36)27-18-43(42-41-27)23-11-12-23/h3-10,13-14,17-18,23,25,40H,2,11-12H2,1H3,(H,38,39)/t25-,32?/m1/s1. The summed E-state index contributed by atoms with van der Waals surface area (Å²) in [6.07, 6.45) is 5.76. The van der Waals surface area contributed by atoms with Gasteiger partial charge in [0.25, 0.3) is 0 Å². The van der Waals surface area contributed by atoms with Gasteiger partial charge in [-0.25, -0.2) is 9.07 Å². The summed E-state index contributed by atoms with van der Waals surface area (Å²) in [7, 11) is 7.04. The molecule has 1 saturated carbocycles. The van der Waals surface area contributed by atoms with E-state index in [4.69, 9.17) is 19.4 Å². The number of anilines is 2. The quantitative estimate of drug-likeness (QED) is 0.184. The SMILES string of the molecule is [B]C(Nc1cc(Cl)c2ncc(C#N)c(N[C@H](CC)c3ccccc3)c2c1F)(c1cccc(C#N)c1)c1cn(C2CC2)nn1. The van der Waals surface area contributed by atoms with Gasteiger partial charge in [0.05, 0.1) is 68.2 Å². The Kier molecular flexibility index (Phi) is 7.47. The van der Waals surface area contributed by atoms with Gasteiger partial charge in [0.15, 0.2) is 5.82 Å². The number of fused-ring (bicyclic) bond motifs is 1. The van der Waals surface area contributed by atoms with Crippen molar-refractivity contribution >= 4 is 41.7 Å². The van der Waals surface area contributed by atoms with Gasteiger partial charge in [0, 0.05) is 6.20 Å². The summed E-state index contributed by atoms with van der Waals surface area (Å²) in [5.74, 6) is -0.699. The maximum atomic E-state index is 16.8. The first-order valence-corrected chi connectivity index (χ1v) is 14.3. The number of halogens is 2. The van der Waals surface area contributed by atoms with Crippen molar-refractivity contribution in [1.29, 1.82) is 10.5 Å². The molecule has 0 saturated heterocycles. The number of nitriles is 2. The van der Waals surface area contributed by atoms with Crippen LogP contribution in [0.15, 0.2) is 73.1 Å². The minimum absolute atomic E-state index is 0.0315. The predicted molar refractivity (Wildman–Crippen MR) is 164 cm³/mol. The number of aromatic nitrogens is 4. The van der Waals surface area contributed by atoms with Gasteiger partial charge >= 0.3 is 0 Å². The molecule has 6 rings (SSSR count). The molecule has 2 aromatic heterocycles. The van der Waals surface area contributed by atoms with Crippen molar-refractivity contribution < 1.29 is 4.39 Å². The number of benzene rings is 3. The molecule has 2 atom stereocenters. The summed E-state index contributed by atoms with van der Waals surface area (Å²) < 4.78 is 18.5. The van der Waals surface area contributed by atoms with E-state index in [1.165, 1.54) is 12.3 Å². The largest absolute Gasteiger partial charge is 0.376 e. The molecule has 3 aromatic carbocycles. The molecule has 11 heteroatoms. The molecule has 1 aliphatic carbocycles. The van der Waals surface area contributed by atoms with Crippen molar-refractivity contribution in [3.8, 4) is 12.1 Å². The van der Waals surface area contributed by atoms with Gasteiger partial charge < -0.3 is 10.6 Å². The normalized spacial score (nSPS) is 14.8. The van der Waals surface area contributed by atoms with E-state index in [-0.39, 0.29) is 44.9 Å². The molecule has 5 aromatic rings. The van der Waals surface area contributed by atoms with Crippen LogP contribution in [0.3, 0.4) is 0 Å². The van der Waals surface area contributed by atoms with Crippen LogP contribution in [-0.2, 0) is 5.44 Å². The topological polar surface area (TPSA) is 115 Å². The predicted octanol–water partition coefficient (Wildman–Crippen LogP) is 6.74. The van der Waals surface area contributed by atoms with Crippen LogP contribution in [-0.4, -0.2) is 27.8 Å². The molecule has 1 aliphatic rings. The third-order valence-electron chi connectivity index (χ3n) is 7.70. The van der Waals surface area contributed by atoms with E-state index >= 15 is 4.39 Å². The lowest BCUT2D eigenvalue weighted by Crippen LogP contribution is -2.38. The van der Waals surface area contributed by atoms with Gasteiger partial charge in [-0.1, -0.05) is 66.2 Å². The number of rotatable bonds is 9. The molecule has 8 nitrogen and oxygen atoms in total. The third kappa shape index (κ3) is 5.27. The maximum Gasteiger partial charge on any atom is 0.157 e. The first-order valence-electron chi connectivity index (χ1n) is 13.9. The van der Waals surface area contributed by atoms with Crippen molar-refractivity contribution in [1.82, 2.24) is 20.0 Å². The zero-order valence-corrected chi connectivity index (χ0v) is 24.0. The van der Waals surface area contributed by atoms with E-state index in [1.807, 2.05) is 37.3 Å². The lowest BCUT2D eigenvalue weighted by molar-refractivity contribution is 0.610. The Morgan fingerprint density at radius 1 is 1.14 bits per heavy atom. The fourth-order valence-corrected chi connectivity index (χ4v) is 5.46. The van der Waals surface area contributed by atoms with Crippen LogP contribution < -0.4 is 10.6 Å². The fourth-order valence-electron chi connectivity index (χ4n) is 5.21. The Balaban J connectivity index is 1.51. The summed E-state index contributed by atoms with van der Waals surface area (Å²) in [5, 5.41) is 34.9. The summed E-state index contributed by atoms with van der Waals surface area (Å²) >= 11 is 6.72. The Morgan fingerprint density at radius 2 is 1.93 bits per heavy atom. The molecule has 2 heterocycles. The highest BCUT2D eigenvalue weighted by Gasteiger charge is 2.35. The molecule has 1 unspecified atom stereocenters. The Labute approximate surface area is 254 Å². The fraction of sp³-hybridized carbons (Fsp3) is 0.219. The first-order chi connectivity index (χ1) is 20.9. The van der Waals surface area contributed by atoms with Crippen LogP contribution in [0.2, 0.25) is 5.02 Å². The average Bonchev–Trinajstić information content (AvgIpc) is 3.77. The van der Waals surface area contributed by atoms with Crippen LogP contribution in [0.1, 0.15) is 66.2 Å². The summed E-state index contributed by atoms with van der Waals surface area (Å²) in [6.45, 7) is 2.00. The monoisotopic (exact) mass is 586 g/mol. The van der Waals surface area contributed by atoms with Crippen LogP contribution in [0.25, 0.3) is 10.9 Å². The molecule has 0 spiro atoms. The number of hydrogen-bond donors (Lipinski definition) is 2. The molecule has 1 fully saturated rings. The Bertz CT molecular complexity index is 1910. The van der Waals surface area contributed by atoms with E-state index in [2.05, 4.69) is 38.1 Å². The summed E-state index contributed by atoms with van der Waals surface area (Å²) in [6, 6.07) is 22.1. The van der Waals surface area contributed by atoms with Crippen LogP contribution in [0, 0.1) is 28.5 Å². The van der Waals surface area contributed by atoms with Gasteiger partial charge in [-0.2, -0.15) is 10.5 Å². The second-order valence-corrected chi connectivity index (χ2v) is 11.0. The van der Waals surface area contributed by atoms with Gasteiger partial charge in [-0.05, 0) is 48.6 Å². The zero-order chi connectivity index (χ0) is 30.1. The van der Waals surface area contributed by atoms with E-state index in [0.717, 1.165) is 18.4 Å². The van der Waals surface area contributed by atoms with E-state index < -0.39 is 11.3 Å². The van der Waals surface area contributed by atoms with Gasteiger partial charge in [0.1, 0.15) is 19.6 Å². The molecule has 43 heavy (non-hydrogen) atoms. The second-order valence-electron chi connectivity index (χ2n) is 10.6. The molecular formula is C32H25BClFN8. The number of nitrogens with one attached hydrogen (secondary N) is 2. The van der Waals surface area contributed by atoms with Crippen LogP contribution in [0.4, 0.5) is 15.8 Å². The van der Waals surface area contributed by atoms with Crippen LogP contribution in [0.5, 0.6) is 0 Å². The van der Waals surface area contributed by atoms with E-state index in [1.54, 1.807) is 35.1 Å². The molecule has 2 N–H and O–H groups in total. The van der Waals surface area contributed by atoms with Crippen molar-refractivity contribution in [2.24, 2.45) is 0 Å². The zero-order valence-electron chi connectivity index (χ0n) is 23.2. The van der Waals surface area contributed by atoms with Gasteiger partial charge in [-0.15, -0.1) is 5.10 Å².